The molecule has 4 aliphatic rings. The van der Waals surface area contributed by atoms with Gasteiger partial charge in [-0.25, -0.2) is 0 Å². The Morgan fingerprint density at radius 2 is 1.83 bits per heavy atom. The molecule has 4 heteroatoms. The Bertz CT molecular complexity index is 1220. The Kier molecular flexibility index (Phi) is 3.18. The lowest BCUT2D eigenvalue weighted by atomic mass is 9.73. The summed E-state index contributed by atoms with van der Waals surface area (Å²) >= 11 is 0. The first kappa shape index (κ1) is 17.4. The minimum atomic E-state index is 0.189. The quantitative estimate of drug-likeness (QED) is 0.623. The maximum Gasteiger partial charge on any atom is 0.0939 e. The molecule has 2 aromatic carbocycles. The van der Waals surface area contributed by atoms with Crippen molar-refractivity contribution in [1.29, 1.82) is 0 Å². The number of fused-ring (bicyclic) bond motifs is 8. The van der Waals surface area contributed by atoms with E-state index >= 15 is 0 Å². The second-order valence-electron chi connectivity index (χ2n) is 10.1. The first-order chi connectivity index (χ1) is 14.5. The highest BCUT2D eigenvalue weighted by Gasteiger charge is 2.68. The molecule has 0 bridgehead atoms. The van der Waals surface area contributed by atoms with Gasteiger partial charge in [-0.3, -0.25) is 4.90 Å². The molecular formula is C26H30N4. The molecule has 1 spiro atoms. The van der Waals surface area contributed by atoms with Crippen LogP contribution in [0.4, 0.5) is 5.69 Å². The molecule has 4 aliphatic heterocycles. The second-order valence-corrected chi connectivity index (χ2v) is 10.1. The summed E-state index contributed by atoms with van der Waals surface area (Å²) in [6, 6.07) is 15.0. The van der Waals surface area contributed by atoms with E-state index in [0.717, 1.165) is 19.5 Å². The Morgan fingerprint density at radius 1 is 1.03 bits per heavy atom. The van der Waals surface area contributed by atoms with Gasteiger partial charge < -0.3 is 14.8 Å². The molecule has 2 saturated heterocycles. The lowest BCUT2D eigenvalue weighted by Gasteiger charge is -2.40. The summed E-state index contributed by atoms with van der Waals surface area (Å²) in [6.45, 7) is 6.72. The van der Waals surface area contributed by atoms with Crippen molar-refractivity contribution in [2.24, 2.45) is 7.05 Å². The van der Waals surface area contributed by atoms with Crippen molar-refractivity contribution >= 4 is 16.6 Å². The van der Waals surface area contributed by atoms with Crippen molar-refractivity contribution < 1.29 is 0 Å². The zero-order valence-corrected chi connectivity index (χ0v) is 18.4. The van der Waals surface area contributed by atoms with Gasteiger partial charge >= 0.3 is 0 Å². The number of benzene rings is 2. The maximum atomic E-state index is 4.00. The number of hydrogen-bond acceptors (Lipinski definition) is 3. The average molecular weight is 399 g/mol. The van der Waals surface area contributed by atoms with E-state index < -0.39 is 0 Å². The molecule has 1 aromatic heterocycles. The Balaban J connectivity index is 1.49. The molecule has 0 aliphatic carbocycles. The third-order valence-corrected chi connectivity index (χ3v) is 8.72. The first-order valence-corrected chi connectivity index (χ1v) is 11.4. The molecule has 5 heterocycles. The average Bonchev–Trinajstić information content (AvgIpc) is 3.41. The van der Waals surface area contributed by atoms with E-state index in [1.165, 1.54) is 34.1 Å². The smallest absolute Gasteiger partial charge is 0.0939 e. The molecule has 30 heavy (non-hydrogen) atoms. The molecule has 2 fully saturated rings. The predicted molar refractivity (Wildman–Crippen MR) is 122 cm³/mol. The lowest BCUT2D eigenvalue weighted by Crippen LogP contribution is -2.50. The maximum absolute atomic E-state index is 4.00. The highest BCUT2D eigenvalue weighted by Crippen LogP contribution is 2.62. The van der Waals surface area contributed by atoms with Gasteiger partial charge in [0.05, 0.1) is 12.2 Å². The fourth-order valence-corrected chi connectivity index (χ4v) is 7.68. The molecule has 1 N–H and O–H groups in total. The van der Waals surface area contributed by atoms with Crippen LogP contribution in [0.15, 0.2) is 36.4 Å². The molecule has 4 unspecified atom stereocenters. The molecule has 4 nitrogen and oxygen atoms in total. The number of aromatic nitrogens is 1. The van der Waals surface area contributed by atoms with Crippen molar-refractivity contribution in [1.82, 2.24) is 14.8 Å². The van der Waals surface area contributed by atoms with Crippen molar-refractivity contribution in [3.8, 4) is 0 Å². The summed E-state index contributed by atoms with van der Waals surface area (Å²) in [5, 5.41) is 5.48. The van der Waals surface area contributed by atoms with Crippen LogP contribution < -0.4 is 10.2 Å². The van der Waals surface area contributed by atoms with E-state index in [0.29, 0.717) is 18.2 Å². The van der Waals surface area contributed by atoms with Crippen LogP contribution in [0.3, 0.4) is 0 Å². The van der Waals surface area contributed by atoms with E-state index in [2.05, 4.69) is 84.0 Å². The molecule has 0 radical (unpaired) electrons. The van der Waals surface area contributed by atoms with Crippen LogP contribution in [-0.2, 0) is 18.9 Å². The summed E-state index contributed by atoms with van der Waals surface area (Å²) in [6.07, 6.45) is 2.83. The largest absolute Gasteiger partial charge is 0.358 e. The lowest BCUT2D eigenvalue weighted by molar-refractivity contribution is 0.155. The molecule has 3 aromatic rings. The van der Waals surface area contributed by atoms with Gasteiger partial charge in [-0.15, -0.1) is 0 Å². The van der Waals surface area contributed by atoms with Crippen LogP contribution in [0, 0.1) is 13.8 Å². The Morgan fingerprint density at radius 3 is 2.70 bits per heavy atom. The number of hydrogen-bond donors (Lipinski definition) is 1. The van der Waals surface area contributed by atoms with Gasteiger partial charge in [-0.05, 0) is 62.6 Å². The fraction of sp³-hybridized carbons (Fsp3) is 0.462. The van der Waals surface area contributed by atoms with Gasteiger partial charge in [-0.2, -0.15) is 0 Å². The number of nitrogens with one attached hydrogen (secondary N) is 1. The number of anilines is 1. The van der Waals surface area contributed by atoms with Gasteiger partial charge in [-0.1, -0.05) is 29.3 Å². The van der Waals surface area contributed by atoms with Gasteiger partial charge in [0.2, 0.25) is 0 Å². The molecule has 7 rings (SSSR count). The van der Waals surface area contributed by atoms with Crippen LogP contribution >= 0.6 is 0 Å². The first-order valence-electron chi connectivity index (χ1n) is 11.4. The predicted octanol–water partition coefficient (Wildman–Crippen LogP) is 3.78. The molecule has 0 amide bonds. The van der Waals surface area contributed by atoms with Crippen molar-refractivity contribution in [3.05, 3.63) is 64.3 Å². The van der Waals surface area contributed by atoms with Crippen molar-refractivity contribution in [3.63, 3.8) is 0 Å². The van der Waals surface area contributed by atoms with Gasteiger partial charge in [0.1, 0.15) is 0 Å². The van der Waals surface area contributed by atoms with Gasteiger partial charge in [0.25, 0.3) is 0 Å². The molecular weight excluding hydrogens is 368 g/mol. The summed E-state index contributed by atoms with van der Waals surface area (Å²) < 4.78 is 2.51. The third-order valence-electron chi connectivity index (χ3n) is 8.72. The number of aryl methyl sites for hydroxylation is 3. The zero-order valence-electron chi connectivity index (χ0n) is 18.4. The van der Waals surface area contributed by atoms with Gasteiger partial charge in [0, 0.05) is 54.4 Å². The monoisotopic (exact) mass is 398 g/mol. The van der Waals surface area contributed by atoms with Crippen LogP contribution in [0.25, 0.3) is 10.9 Å². The number of rotatable bonds is 0. The van der Waals surface area contributed by atoms with Gasteiger partial charge in [0.15, 0.2) is 0 Å². The minimum Gasteiger partial charge on any atom is -0.358 e. The van der Waals surface area contributed by atoms with Crippen LogP contribution in [0.5, 0.6) is 0 Å². The second kappa shape index (κ2) is 5.49. The van der Waals surface area contributed by atoms with E-state index in [4.69, 9.17) is 0 Å². The van der Waals surface area contributed by atoms with Crippen LogP contribution in [0.1, 0.15) is 40.4 Å². The van der Waals surface area contributed by atoms with Crippen molar-refractivity contribution in [2.45, 2.75) is 50.4 Å². The fourth-order valence-electron chi connectivity index (χ4n) is 7.68. The molecule has 0 saturated carbocycles. The third kappa shape index (κ3) is 1.79. The Hall–Kier alpha value is -2.30. The van der Waals surface area contributed by atoms with E-state index in [1.807, 2.05) is 0 Å². The summed E-state index contributed by atoms with van der Waals surface area (Å²) in [4.78, 5) is 5.42. The number of nitrogens with zero attached hydrogens (tertiary/aromatic N) is 3. The topological polar surface area (TPSA) is 23.4 Å². The van der Waals surface area contributed by atoms with Crippen LogP contribution in [-0.4, -0.2) is 41.8 Å². The molecule has 154 valence electrons. The number of likely N-dealkylation sites (N-methyl/N-ethyl adjacent to an activating group) is 1. The van der Waals surface area contributed by atoms with E-state index in [-0.39, 0.29) is 5.41 Å². The Labute approximate surface area is 178 Å². The summed E-state index contributed by atoms with van der Waals surface area (Å²) in [5.74, 6) is 0. The molecule has 4 atom stereocenters. The SMILES string of the molecule is Cc1ccc2c(c1)C13CCNC1C1c4c(c5cc(C)ccc5n4C)CCN1C3N2C. The summed E-state index contributed by atoms with van der Waals surface area (Å²) in [7, 11) is 4.61. The summed E-state index contributed by atoms with van der Waals surface area (Å²) in [5.41, 5.74) is 10.5. The zero-order chi connectivity index (χ0) is 20.4. The minimum absolute atomic E-state index is 0.189. The highest BCUT2D eigenvalue weighted by molar-refractivity contribution is 5.87. The highest BCUT2D eigenvalue weighted by atomic mass is 15.5. The van der Waals surface area contributed by atoms with E-state index in [9.17, 15) is 0 Å². The van der Waals surface area contributed by atoms with Crippen LogP contribution in [0.2, 0.25) is 0 Å². The standard InChI is InChI=1S/C26H30N4/c1-15-5-7-20-18(13-15)17-9-12-30-23(22(17)28(20)3)24-26(10-11-27-24)19-14-16(2)6-8-21(19)29(4)25(26)30/h5-8,13-14,23-25,27H,9-12H2,1-4H3. The van der Waals surface area contributed by atoms with E-state index in [1.54, 1.807) is 16.8 Å². The normalized spacial score (nSPS) is 31.6. The van der Waals surface area contributed by atoms with Crippen molar-refractivity contribution in [2.75, 3.05) is 25.0 Å².